The Morgan fingerprint density at radius 1 is 1.60 bits per heavy atom. The number of hydrogen-bond donors (Lipinski definition) is 1. The zero-order valence-electron chi connectivity index (χ0n) is 9.79. The van der Waals surface area contributed by atoms with Gasteiger partial charge in [0.2, 0.25) is 0 Å². The van der Waals surface area contributed by atoms with Crippen LogP contribution in [-0.2, 0) is 4.74 Å². The first kappa shape index (κ1) is 12.3. The Balaban J connectivity index is 2.31. The maximum atomic E-state index is 11.7. The van der Waals surface area contributed by atoms with E-state index in [1.807, 2.05) is 4.90 Å². The number of amides is 2. The van der Waals surface area contributed by atoms with E-state index in [4.69, 9.17) is 4.74 Å². The van der Waals surface area contributed by atoms with Crippen molar-refractivity contribution in [3.8, 4) is 0 Å². The second-order valence-electron chi connectivity index (χ2n) is 4.14. The van der Waals surface area contributed by atoms with Crippen LogP contribution in [-0.4, -0.2) is 44.3 Å². The average molecular weight is 214 g/mol. The summed E-state index contributed by atoms with van der Waals surface area (Å²) in [6.07, 6.45) is 3.25. The van der Waals surface area contributed by atoms with Crippen LogP contribution in [0.2, 0.25) is 0 Å². The Morgan fingerprint density at radius 3 is 3.07 bits per heavy atom. The molecular weight excluding hydrogens is 192 g/mol. The standard InChI is InChI=1S/C11H22N2O2/c1-3-6-12-11(14)13-7-4-5-10(8-13)9-15-2/h10H,3-9H2,1-2H3,(H,12,14). The summed E-state index contributed by atoms with van der Waals surface area (Å²) in [6.45, 7) is 5.31. The van der Waals surface area contributed by atoms with Crippen LogP contribution in [0.15, 0.2) is 0 Å². The van der Waals surface area contributed by atoms with Gasteiger partial charge in [-0.15, -0.1) is 0 Å². The van der Waals surface area contributed by atoms with Crippen molar-refractivity contribution in [3.05, 3.63) is 0 Å². The van der Waals surface area contributed by atoms with Gasteiger partial charge in [0.15, 0.2) is 0 Å². The van der Waals surface area contributed by atoms with E-state index < -0.39 is 0 Å². The van der Waals surface area contributed by atoms with Gasteiger partial charge in [-0.05, 0) is 19.3 Å². The molecule has 1 fully saturated rings. The van der Waals surface area contributed by atoms with Crippen LogP contribution in [0.4, 0.5) is 4.79 Å². The van der Waals surface area contributed by atoms with Crippen molar-refractivity contribution in [2.24, 2.45) is 5.92 Å². The second kappa shape index (κ2) is 6.67. The predicted molar refractivity (Wildman–Crippen MR) is 59.9 cm³/mol. The molecule has 1 aliphatic rings. The highest BCUT2D eigenvalue weighted by Gasteiger charge is 2.22. The van der Waals surface area contributed by atoms with Gasteiger partial charge in [-0.25, -0.2) is 4.79 Å². The van der Waals surface area contributed by atoms with E-state index in [9.17, 15) is 4.79 Å². The normalized spacial score (nSPS) is 21.5. The van der Waals surface area contributed by atoms with Crippen molar-refractivity contribution in [2.75, 3.05) is 33.4 Å². The lowest BCUT2D eigenvalue weighted by Crippen LogP contribution is -2.46. The lowest BCUT2D eigenvalue weighted by Gasteiger charge is -2.32. The smallest absolute Gasteiger partial charge is 0.317 e. The van der Waals surface area contributed by atoms with Gasteiger partial charge in [0.1, 0.15) is 0 Å². The summed E-state index contributed by atoms with van der Waals surface area (Å²) in [7, 11) is 1.72. The minimum Gasteiger partial charge on any atom is -0.384 e. The van der Waals surface area contributed by atoms with Crippen LogP contribution in [0.25, 0.3) is 0 Å². The molecular formula is C11H22N2O2. The Morgan fingerprint density at radius 2 is 2.40 bits per heavy atom. The molecule has 0 aromatic heterocycles. The molecule has 15 heavy (non-hydrogen) atoms. The third-order valence-electron chi connectivity index (χ3n) is 2.73. The molecule has 4 heteroatoms. The van der Waals surface area contributed by atoms with E-state index in [-0.39, 0.29) is 6.03 Å². The van der Waals surface area contributed by atoms with Crippen molar-refractivity contribution in [3.63, 3.8) is 0 Å². The number of urea groups is 1. The molecule has 1 aliphatic heterocycles. The average Bonchev–Trinajstić information content (AvgIpc) is 2.27. The second-order valence-corrected chi connectivity index (χ2v) is 4.14. The van der Waals surface area contributed by atoms with Crippen LogP contribution in [0, 0.1) is 5.92 Å². The summed E-state index contributed by atoms with van der Waals surface area (Å²) in [6, 6.07) is 0.0812. The van der Waals surface area contributed by atoms with Crippen LogP contribution in [0.3, 0.4) is 0 Å². The van der Waals surface area contributed by atoms with Crippen LogP contribution < -0.4 is 5.32 Å². The summed E-state index contributed by atoms with van der Waals surface area (Å²) >= 11 is 0. The summed E-state index contributed by atoms with van der Waals surface area (Å²) in [5.74, 6) is 0.510. The lowest BCUT2D eigenvalue weighted by molar-refractivity contribution is 0.100. The molecule has 1 atom stereocenters. The van der Waals surface area contributed by atoms with E-state index in [0.717, 1.165) is 39.1 Å². The molecule has 0 radical (unpaired) electrons. The fourth-order valence-corrected chi connectivity index (χ4v) is 1.97. The van der Waals surface area contributed by atoms with Crippen molar-refractivity contribution in [2.45, 2.75) is 26.2 Å². The number of nitrogens with one attached hydrogen (secondary N) is 1. The minimum absolute atomic E-state index is 0.0812. The number of methoxy groups -OCH3 is 1. The quantitative estimate of drug-likeness (QED) is 0.770. The Kier molecular flexibility index (Phi) is 5.47. The lowest BCUT2D eigenvalue weighted by atomic mass is 9.99. The summed E-state index contributed by atoms with van der Waals surface area (Å²) in [4.78, 5) is 13.6. The Labute approximate surface area is 92.0 Å². The fourth-order valence-electron chi connectivity index (χ4n) is 1.97. The van der Waals surface area contributed by atoms with E-state index >= 15 is 0 Å². The molecule has 0 aromatic carbocycles. The highest BCUT2D eigenvalue weighted by molar-refractivity contribution is 5.74. The fraction of sp³-hybridized carbons (Fsp3) is 0.909. The molecule has 0 aliphatic carbocycles. The van der Waals surface area contributed by atoms with Gasteiger partial charge in [0.05, 0.1) is 6.61 Å². The minimum atomic E-state index is 0.0812. The predicted octanol–water partition coefficient (Wildman–Crippen LogP) is 1.46. The third kappa shape index (κ3) is 4.08. The van der Waals surface area contributed by atoms with Gasteiger partial charge in [-0.3, -0.25) is 0 Å². The maximum Gasteiger partial charge on any atom is 0.317 e. The monoisotopic (exact) mass is 214 g/mol. The third-order valence-corrected chi connectivity index (χ3v) is 2.73. The van der Waals surface area contributed by atoms with Crippen molar-refractivity contribution in [1.29, 1.82) is 0 Å². The maximum absolute atomic E-state index is 11.7. The Hall–Kier alpha value is -0.770. The number of hydrogen-bond acceptors (Lipinski definition) is 2. The van der Waals surface area contributed by atoms with Gasteiger partial charge in [-0.2, -0.15) is 0 Å². The number of ether oxygens (including phenoxy) is 1. The number of carbonyl (C=O) groups excluding carboxylic acids is 1. The summed E-state index contributed by atoms with van der Waals surface area (Å²) in [5, 5.41) is 2.91. The number of nitrogens with zero attached hydrogens (tertiary/aromatic N) is 1. The number of carbonyl (C=O) groups is 1. The molecule has 88 valence electrons. The molecule has 1 unspecified atom stereocenters. The topological polar surface area (TPSA) is 41.6 Å². The van der Waals surface area contributed by atoms with E-state index in [0.29, 0.717) is 5.92 Å². The van der Waals surface area contributed by atoms with Crippen LogP contribution in [0.1, 0.15) is 26.2 Å². The molecule has 2 amide bonds. The molecule has 1 heterocycles. The van der Waals surface area contributed by atoms with Crippen LogP contribution in [0.5, 0.6) is 0 Å². The van der Waals surface area contributed by atoms with Gasteiger partial charge in [0.25, 0.3) is 0 Å². The number of piperidine rings is 1. The first-order valence-corrected chi connectivity index (χ1v) is 5.79. The summed E-state index contributed by atoms with van der Waals surface area (Å²) < 4.78 is 5.13. The molecule has 1 rings (SSSR count). The van der Waals surface area contributed by atoms with E-state index in [2.05, 4.69) is 12.2 Å². The van der Waals surface area contributed by atoms with Gasteiger partial charge in [-0.1, -0.05) is 6.92 Å². The van der Waals surface area contributed by atoms with E-state index in [1.165, 1.54) is 6.42 Å². The Bertz CT molecular complexity index is 195. The molecule has 0 bridgehead atoms. The van der Waals surface area contributed by atoms with Gasteiger partial charge < -0.3 is 15.0 Å². The first-order chi connectivity index (χ1) is 7.27. The largest absolute Gasteiger partial charge is 0.384 e. The summed E-state index contributed by atoms with van der Waals surface area (Å²) in [5.41, 5.74) is 0. The molecule has 0 aromatic rings. The van der Waals surface area contributed by atoms with Crippen molar-refractivity contribution >= 4 is 6.03 Å². The van der Waals surface area contributed by atoms with Gasteiger partial charge >= 0.3 is 6.03 Å². The highest BCUT2D eigenvalue weighted by atomic mass is 16.5. The first-order valence-electron chi connectivity index (χ1n) is 5.79. The zero-order valence-corrected chi connectivity index (χ0v) is 9.79. The number of rotatable bonds is 4. The SMILES string of the molecule is CCCNC(=O)N1CCCC(COC)C1. The highest BCUT2D eigenvalue weighted by Crippen LogP contribution is 2.16. The zero-order chi connectivity index (χ0) is 11.1. The molecule has 0 spiro atoms. The van der Waals surface area contributed by atoms with Crippen LogP contribution >= 0.6 is 0 Å². The molecule has 0 saturated carbocycles. The van der Waals surface area contributed by atoms with Crippen molar-refractivity contribution < 1.29 is 9.53 Å². The van der Waals surface area contributed by atoms with Crippen molar-refractivity contribution in [1.82, 2.24) is 10.2 Å². The van der Waals surface area contributed by atoms with Gasteiger partial charge in [0, 0.05) is 32.7 Å². The molecule has 1 N–H and O–H groups in total. The molecule has 4 nitrogen and oxygen atoms in total. The van der Waals surface area contributed by atoms with E-state index in [1.54, 1.807) is 7.11 Å². The molecule has 1 saturated heterocycles. The number of likely N-dealkylation sites (tertiary alicyclic amines) is 1.